The summed E-state index contributed by atoms with van der Waals surface area (Å²) in [4.78, 5) is 18.5. The highest BCUT2D eigenvalue weighted by molar-refractivity contribution is 6.01. The molecule has 19 heavy (non-hydrogen) atoms. The van der Waals surface area contributed by atoms with Crippen LogP contribution < -0.4 is 16.0 Å². The number of carbonyl (C=O) groups excluding carboxylic acids is 1. The van der Waals surface area contributed by atoms with E-state index in [0.717, 1.165) is 49.3 Å². The summed E-state index contributed by atoms with van der Waals surface area (Å²) >= 11 is 0. The molecule has 1 fully saturated rings. The lowest BCUT2D eigenvalue weighted by atomic mass is 10.0. The summed E-state index contributed by atoms with van der Waals surface area (Å²) in [6, 6.07) is 0.222. The molecule has 0 spiro atoms. The molecule has 0 aromatic carbocycles. The van der Waals surface area contributed by atoms with Gasteiger partial charge in [0.1, 0.15) is 5.69 Å². The predicted octanol–water partition coefficient (Wildman–Crippen LogP) is 1.18. The Morgan fingerprint density at radius 1 is 1.47 bits per heavy atom. The van der Waals surface area contributed by atoms with Gasteiger partial charge in [0.15, 0.2) is 5.78 Å². The summed E-state index contributed by atoms with van der Waals surface area (Å²) in [6.07, 6.45) is 5.35. The van der Waals surface area contributed by atoms with Crippen molar-refractivity contribution in [1.82, 2.24) is 4.98 Å². The molecule has 0 radical (unpaired) electrons. The second-order valence-corrected chi connectivity index (χ2v) is 5.37. The molecule has 3 N–H and O–H groups in total. The minimum Gasteiger partial charge on any atom is -0.385 e. The molecule has 1 aliphatic carbocycles. The molecule has 0 amide bonds. The predicted molar refractivity (Wildman–Crippen MR) is 75.9 cm³/mol. The Morgan fingerprint density at radius 2 is 2.32 bits per heavy atom. The Labute approximate surface area is 113 Å². The maximum Gasteiger partial charge on any atom is 0.181 e. The Kier molecular flexibility index (Phi) is 3.14. The number of anilines is 2. The molecular formula is C14H20N4O. The number of hydrogen-bond acceptors (Lipinski definition) is 5. The third-order valence-corrected chi connectivity index (χ3v) is 4.06. The lowest BCUT2D eigenvalue weighted by Crippen LogP contribution is -2.43. The maximum atomic E-state index is 11.8. The van der Waals surface area contributed by atoms with Crippen molar-refractivity contribution in [3.05, 3.63) is 17.5 Å². The Hall–Kier alpha value is -1.62. The van der Waals surface area contributed by atoms with Crippen LogP contribution in [0.5, 0.6) is 0 Å². The van der Waals surface area contributed by atoms with Crippen molar-refractivity contribution in [3.63, 3.8) is 0 Å². The number of nitrogens with two attached hydrogens (primary N) is 1. The summed E-state index contributed by atoms with van der Waals surface area (Å²) in [5.74, 6) is 0.167. The zero-order valence-electron chi connectivity index (χ0n) is 11.3. The molecule has 2 aliphatic rings. The van der Waals surface area contributed by atoms with Crippen molar-refractivity contribution < 1.29 is 4.79 Å². The number of nitrogens with one attached hydrogen (secondary N) is 1. The average molecular weight is 260 g/mol. The second kappa shape index (κ2) is 4.81. The summed E-state index contributed by atoms with van der Waals surface area (Å²) in [6.45, 7) is 1.87. The number of ketones is 1. The zero-order valence-corrected chi connectivity index (χ0v) is 11.3. The van der Waals surface area contributed by atoms with E-state index < -0.39 is 0 Å². The van der Waals surface area contributed by atoms with Gasteiger partial charge in [0, 0.05) is 38.2 Å². The minimum absolute atomic E-state index is 0.167. The van der Waals surface area contributed by atoms with Gasteiger partial charge in [-0.15, -0.1) is 0 Å². The van der Waals surface area contributed by atoms with E-state index in [1.165, 1.54) is 0 Å². The largest absolute Gasteiger partial charge is 0.385 e. The van der Waals surface area contributed by atoms with E-state index in [-0.39, 0.29) is 11.8 Å². The van der Waals surface area contributed by atoms with Gasteiger partial charge in [-0.25, -0.2) is 0 Å². The standard InChI is InChI=1S/C14H20N4O/c1-16-11-7-17-13-10(4-5-12(13)19)14(11)18-6-2-3-9(15)8-18/h7,9,16H,2-6,8,15H2,1H3. The molecule has 1 atom stereocenters. The highest BCUT2D eigenvalue weighted by atomic mass is 16.1. The van der Waals surface area contributed by atoms with Crippen molar-refractivity contribution in [2.45, 2.75) is 31.7 Å². The molecule has 102 valence electrons. The molecule has 0 saturated carbocycles. The van der Waals surface area contributed by atoms with Crippen LogP contribution in [0.2, 0.25) is 0 Å². The Balaban J connectivity index is 2.05. The fourth-order valence-electron chi connectivity index (χ4n) is 3.13. The van der Waals surface area contributed by atoms with Crippen molar-refractivity contribution in [1.29, 1.82) is 0 Å². The van der Waals surface area contributed by atoms with E-state index in [9.17, 15) is 4.79 Å². The summed E-state index contributed by atoms with van der Waals surface area (Å²) < 4.78 is 0. The van der Waals surface area contributed by atoms with Crippen LogP contribution >= 0.6 is 0 Å². The van der Waals surface area contributed by atoms with Gasteiger partial charge >= 0.3 is 0 Å². The fraction of sp³-hybridized carbons (Fsp3) is 0.571. The van der Waals surface area contributed by atoms with Gasteiger partial charge in [0.05, 0.1) is 17.6 Å². The molecular weight excluding hydrogens is 240 g/mol. The minimum atomic E-state index is 0.167. The van der Waals surface area contributed by atoms with Crippen molar-refractivity contribution in [2.24, 2.45) is 5.73 Å². The molecule has 1 aromatic heterocycles. The zero-order chi connectivity index (χ0) is 13.4. The van der Waals surface area contributed by atoms with E-state index in [1.807, 2.05) is 7.05 Å². The first-order valence-corrected chi connectivity index (χ1v) is 6.94. The molecule has 0 bridgehead atoms. The molecule has 5 heteroatoms. The Bertz CT molecular complexity index is 514. The van der Waals surface area contributed by atoms with Crippen LogP contribution in [-0.4, -0.2) is 36.9 Å². The van der Waals surface area contributed by atoms with Crippen LogP contribution in [0.1, 0.15) is 35.3 Å². The first-order chi connectivity index (χ1) is 9.20. The molecule has 1 aliphatic heterocycles. The quantitative estimate of drug-likeness (QED) is 0.835. The van der Waals surface area contributed by atoms with Gasteiger partial charge in [0.2, 0.25) is 0 Å². The van der Waals surface area contributed by atoms with Crippen molar-refractivity contribution in [3.8, 4) is 0 Å². The number of carbonyl (C=O) groups is 1. The third kappa shape index (κ3) is 2.08. The SMILES string of the molecule is CNc1cnc2c(c1N1CCCC(N)C1)CCC2=O. The highest BCUT2D eigenvalue weighted by Crippen LogP contribution is 2.37. The fourth-order valence-corrected chi connectivity index (χ4v) is 3.13. The number of piperidine rings is 1. The van der Waals surface area contributed by atoms with Gasteiger partial charge in [0.25, 0.3) is 0 Å². The van der Waals surface area contributed by atoms with Crippen LogP contribution in [-0.2, 0) is 6.42 Å². The second-order valence-electron chi connectivity index (χ2n) is 5.37. The lowest BCUT2D eigenvalue weighted by molar-refractivity contribution is 0.0990. The smallest absolute Gasteiger partial charge is 0.181 e. The van der Waals surface area contributed by atoms with Crippen LogP contribution in [0.25, 0.3) is 0 Å². The number of nitrogens with zero attached hydrogens (tertiary/aromatic N) is 2. The summed E-state index contributed by atoms with van der Waals surface area (Å²) in [7, 11) is 1.90. The van der Waals surface area contributed by atoms with E-state index in [0.29, 0.717) is 12.1 Å². The van der Waals surface area contributed by atoms with Crippen LogP contribution in [0.15, 0.2) is 6.20 Å². The van der Waals surface area contributed by atoms with Gasteiger partial charge < -0.3 is 16.0 Å². The van der Waals surface area contributed by atoms with Gasteiger partial charge in [-0.05, 0) is 19.3 Å². The van der Waals surface area contributed by atoms with Crippen LogP contribution in [0.4, 0.5) is 11.4 Å². The average Bonchev–Trinajstić information content (AvgIpc) is 2.79. The number of fused-ring (bicyclic) bond motifs is 1. The normalized spacial score (nSPS) is 22.5. The number of Topliss-reactive ketones (excluding diaryl/α,β-unsaturated/α-hetero) is 1. The highest BCUT2D eigenvalue weighted by Gasteiger charge is 2.29. The topological polar surface area (TPSA) is 71.2 Å². The molecule has 3 rings (SSSR count). The van der Waals surface area contributed by atoms with Gasteiger partial charge in [-0.3, -0.25) is 9.78 Å². The first kappa shape index (κ1) is 12.4. The molecule has 1 unspecified atom stereocenters. The number of aromatic nitrogens is 1. The number of rotatable bonds is 2. The Morgan fingerprint density at radius 3 is 3.05 bits per heavy atom. The number of pyridine rings is 1. The van der Waals surface area contributed by atoms with Crippen molar-refractivity contribution >= 4 is 17.2 Å². The summed E-state index contributed by atoms with van der Waals surface area (Å²) in [5.41, 5.74) is 9.99. The maximum absolute atomic E-state index is 11.8. The molecule has 5 nitrogen and oxygen atoms in total. The summed E-state index contributed by atoms with van der Waals surface area (Å²) in [5, 5.41) is 3.20. The van der Waals surface area contributed by atoms with Gasteiger partial charge in [-0.2, -0.15) is 0 Å². The van der Waals surface area contributed by atoms with E-state index >= 15 is 0 Å². The van der Waals surface area contributed by atoms with E-state index in [4.69, 9.17) is 5.73 Å². The molecule has 1 saturated heterocycles. The number of hydrogen-bond donors (Lipinski definition) is 2. The first-order valence-electron chi connectivity index (χ1n) is 6.94. The monoisotopic (exact) mass is 260 g/mol. The van der Waals surface area contributed by atoms with Crippen molar-refractivity contribution in [2.75, 3.05) is 30.4 Å². The third-order valence-electron chi connectivity index (χ3n) is 4.06. The van der Waals surface area contributed by atoms with Crippen LogP contribution in [0.3, 0.4) is 0 Å². The lowest BCUT2D eigenvalue weighted by Gasteiger charge is -2.35. The van der Waals surface area contributed by atoms with Crippen LogP contribution in [0, 0.1) is 0 Å². The van der Waals surface area contributed by atoms with E-state index in [2.05, 4.69) is 15.2 Å². The molecule has 2 heterocycles. The van der Waals surface area contributed by atoms with Gasteiger partial charge in [-0.1, -0.05) is 0 Å². The molecule has 1 aromatic rings. The van der Waals surface area contributed by atoms with E-state index in [1.54, 1.807) is 6.20 Å².